The zero-order valence-corrected chi connectivity index (χ0v) is 17.1. The van der Waals surface area contributed by atoms with E-state index in [0.717, 1.165) is 11.1 Å². The van der Waals surface area contributed by atoms with Crippen LogP contribution in [0.25, 0.3) is 0 Å². The first kappa shape index (κ1) is 21.3. The first-order valence-electron chi connectivity index (χ1n) is 9.13. The van der Waals surface area contributed by atoms with Crippen molar-refractivity contribution < 1.29 is 17.9 Å². The minimum absolute atomic E-state index is 0.0960. The lowest BCUT2D eigenvalue weighted by molar-refractivity contribution is 0.251. The van der Waals surface area contributed by atoms with E-state index < -0.39 is 16.1 Å². The molecule has 0 fully saturated rings. The predicted octanol–water partition coefficient (Wildman–Crippen LogP) is 2.89. The average Bonchev–Trinajstić information content (AvgIpc) is 2.77. The van der Waals surface area contributed by atoms with Crippen molar-refractivity contribution in [3.63, 3.8) is 0 Å². The number of urea groups is 1. The van der Waals surface area contributed by atoms with E-state index in [9.17, 15) is 13.2 Å². The molecule has 3 rings (SSSR count). The number of para-hydroxylation sites is 1. The van der Waals surface area contributed by atoms with Gasteiger partial charge in [-0.05, 0) is 42.0 Å². The van der Waals surface area contributed by atoms with Crippen molar-refractivity contribution >= 4 is 21.7 Å². The molecule has 0 radical (unpaired) electrons. The van der Waals surface area contributed by atoms with Gasteiger partial charge in [-0.2, -0.15) is 0 Å². The number of hydrogen-bond acceptors (Lipinski definition) is 5. The van der Waals surface area contributed by atoms with E-state index in [1.165, 1.54) is 31.4 Å². The zero-order chi connectivity index (χ0) is 21.4. The van der Waals surface area contributed by atoms with Crippen LogP contribution >= 0.6 is 0 Å². The number of carbonyl (C=O) groups excluding carboxylic acids is 1. The Morgan fingerprint density at radius 1 is 1.00 bits per heavy atom. The van der Waals surface area contributed by atoms with Crippen molar-refractivity contribution in [2.45, 2.75) is 18.0 Å². The maximum Gasteiger partial charge on any atom is 0.319 e. The largest absolute Gasteiger partial charge is 0.496 e. The number of anilines is 1. The van der Waals surface area contributed by atoms with Crippen molar-refractivity contribution in [3.8, 4) is 5.75 Å². The zero-order valence-electron chi connectivity index (χ0n) is 16.3. The van der Waals surface area contributed by atoms with E-state index in [-0.39, 0.29) is 11.4 Å². The average molecular weight is 426 g/mol. The molecule has 9 heteroatoms. The number of hydrogen-bond donors (Lipinski definition) is 3. The number of carbonyl (C=O) groups is 1. The van der Waals surface area contributed by atoms with Gasteiger partial charge >= 0.3 is 6.03 Å². The van der Waals surface area contributed by atoms with Crippen LogP contribution in [0.3, 0.4) is 0 Å². The van der Waals surface area contributed by atoms with Crippen LogP contribution in [0, 0.1) is 0 Å². The molecule has 2 amide bonds. The summed E-state index contributed by atoms with van der Waals surface area (Å²) in [6, 6.07) is 16.3. The van der Waals surface area contributed by atoms with Crippen molar-refractivity contribution in [2.75, 3.05) is 12.4 Å². The molecule has 0 aliphatic rings. The van der Waals surface area contributed by atoms with Gasteiger partial charge in [-0.1, -0.05) is 24.3 Å². The SMILES string of the molecule is COc1ccccc1CNS(=O)(=O)c1ccc(NC(=O)NCc2cccnc2)cc1. The standard InChI is InChI=1S/C21H22N4O4S/c1-29-20-7-3-2-6-17(20)15-24-30(27,28)19-10-8-18(9-11-19)25-21(26)23-14-16-5-4-12-22-13-16/h2-13,24H,14-15H2,1H3,(H2,23,25,26). The van der Waals surface area contributed by atoms with E-state index in [2.05, 4.69) is 20.3 Å². The first-order valence-corrected chi connectivity index (χ1v) is 10.6. The summed E-state index contributed by atoms with van der Waals surface area (Å²) in [5.74, 6) is 0.608. The van der Waals surface area contributed by atoms with Gasteiger partial charge in [0.25, 0.3) is 0 Å². The normalized spacial score (nSPS) is 11.0. The number of nitrogens with zero attached hydrogens (tertiary/aromatic N) is 1. The minimum Gasteiger partial charge on any atom is -0.496 e. The number of benzene rings is 2. The molecule has 156 valence electrons. The summed E-state index contributed by atoms with van der Waals surface area (Å²) < 4.78 is 32.9. The Bertz CT molecular complexity index is 1090. The summed E-state index contributed by atoms with van der Waals surface area (Å²) in [5, 5.41) is 5.37. The summed E-state index contributed by atoms with van der Waals surface area (Å²) >= 11 is 0. The Hall–Kier alpha value is -3.43. The molecule has 0 aliphatic heterocycles. The molecular formula is C21H22N4O4S. The number of sulfonamides is 1. The van der Waals surface area contributed by atoms with Gasteiger partial charge in [0.05, 0.1) is 12.0 Å². The van der Waals surface area contributed by atoms with Crippen molar-refractivity contribution in [1.82, 2.24) is 15.0 Å². The van der Waals surface area contributed by atoms with Crippen LogP contribution in [0.4, 0.5) is 10.5 Å². The van der Waals surface area contributed by atoms with Crippen molar-refractivity contribution in [2.24, 2.45) is 0 Å². The molecular weight excluding hydrogens is 404 g/mol. The highest BCUT2D eigenvalue weighted by Crippen LogP contribution is 2.19. The molecule has 3 aromatic rings. The van der Waals surface area contributed by atoms with Gasteiger partial charge in [-0.25, -0.2) is 17.9 Å². The molecule has 0 bridgehead atoms. The minimum atomic E-state index is -3.72. The summed E-state index contributed by atoms with van der Waals surface area (Å²) in [4.78, 5) is 16.1. The fourth-order valence-corrected chi connectivity index (χ4v) is 3.69. The topological polar surface area (TPSA) is 109 Å². The predicted molar refractivity (Wildman–Crippen MR) is 114 cm³/mol. The number of aromatic nitrogens is 1. The number of rotatable bonds is 8. The second-order valence-corrected chi connectivity index (χ2v) is 8.10. The van der Waals surface area contributed by atoms with Crippen LogP contribution in [-0.2, 0) is 23.1 Å². The van der Waals surface area contributed by atoms with Crippen LogP contribution < -0.4 is 20.1 Å². The Labute approximate surface area is 175 Å². The Morgan fingerprint density at radius 3 is 2.47 bits per heavy atom. The van der Waals surface area contributed by atoms with Crippen LogP contribution in [-0.4, -0.2) is 26.5 Å². The molecule has 0 saturated heterocycles. The molecule has 0 atom stereocenters. The Morgan fingerprint density at radius 2 is 1.77 bits per heavy atom. The lowest BCUT2D eigenvalue weighted by atomic mass is 10.2. The summed E-state index contributed by atoms with van der Waals surface area (Å²) in [6.45, 7) is 0.433. The molecule has 0 unspecified atom stereocenters. The van der Waals surface area contributed by atoms with Crippen LogP contribution in [0.1, 0.15) is 11.1 Å². The molecule has 0 spiro atoms. The molecule has 0 aliphatic carbocycles. The highest BCUT2D eigenvalue weighted by Gasteiger charge is 2.15. The maximum atomic E-state index is 12.5. The monoisotopic (exact) mass is 426 g/mol. The summed E-state index contributed by atoms with van der Waals surface area (Å²) in [7, 11) is -2.18. The first-order chi connectivity index (χ1) is 14.5. The third-order valence-corrected chi connectivity index (χ3v) is 5.66. The van der Waals surface area contributed by atoms with E-state index in [1.54, 1.807) is 30.6 Å². The molecule has 8 nitrogen and oxygen atoms in total. The third kappa shape index (κ3) is 5.79. The number of methoxy groups -OCH3 is 1. The van der Waals surface area contributed by atoms with Gasteiger partial charge in [0.1, 0.15) is 5.75 Å². The Balaban J connectivity index is 1.56. The highest BCUT2D eigenvalue weighted by molar-refractivity contribution is 7.89. The Kier molecular flexibility index (Phi) is 6.99. The lowest BCUT2D eigenvalue weighted by Crippen LogP contribution is -2.28. The molecule has 1 heterocycles. The van der Waals surface area contributed by atoms with Crippen LogP contribution in [0.2, 0.25) is 0 Å². The van der Waals surface area contributed by atoms with E-state index in [0.29, 0.717) is 18.0 Å². The van der Waals surface area contributed by atoms with Crippen LogP contribution in [0.15, 0.2) is 78.0 Å². The third-order valence-electron chi connectivity index (χ3n) is 4.24. The van der Waals surface area contributed by atoms with Gasteiger partial charge in [0, 0.05) is 36.7 Å². The summed E-state index contributed by atoms with van der Waals surface area (Å²) in [5.41, 5.74) is 2.07. The molecule has 2 aromatic carbocycles. The van der Waals surface area contributed by atoms with Gasteiger partial charge in [-0.15, -0.1) is 0 Å². The second kappa shape index (κ2) is 9.86. The van der Waals surface area contributed by atoms with E-state index in [4.69, 9.17) is 4.74 Å². The number of ether oxygens (including phenoxy) is 1. The van der Waals surface area contributed by atoms with Crippen molar-refractivity contribution in [3.05, 3.63) is 84.2 Å². The van der Waals surface area contributed by atoms with Gasteiger partial charge in [-0.3, -0.25) is 4.98 Å². The van der Waals surface area contributed by atoms with Gasteiger partial charge in [0.15, 0.2) is 0 Å². The van der Waals surface area contributed by atoms with Crippen LogP contribution in [0.5, 0.6) is 5.75 Å². The van der Waals surface area contributed by atoms with Gasteiger partial charge in [0.2, 0.25) is 10.0 Å². The molecule has 1 aromatic heterocycles. The molecule has 3 N–H and O–H groups in total. The highest BCUT2D eigenvalue weighted by atomic mass is 32.2. The number of nitrogens with one attached hydrogen (secondary N) is 3. The van der Waals surface area contributed by atoms with E-state index in [1.807, 2.05) is 18.2 Å². The van der Waals surface area contributed by atoms with Crippen molar-refractivity contribution in [1.29, 1.82) is 0 Å². The van der Waals surface area contributed by atoms with E-state index >= 15 is 0 Å². The summed E-state index contributed by atoms with van der Waals surface area (Å²) in [6.07, 6.45) is 3.32. The van der Waals surface area contributed by atoms with Gasteiger partial charge < -0.3 is 15.4 Å². The maximum absolute atomic E-state index is 12.5. The number of pyridine rings is 1. The lowest BCUT2D eigenvalue weighted by Gasteiger charge is -2.11. The quantitative estimate of drug-likeness (QED) is 0.513. The molecule has 0 saturated carbocycles. The number of amides is 2. The fourth-order valence-electron chi connectivity index (χ4n) is 2.68. The molecule has 30 heavy (non-hydrogen) atoms. The second-order valence-electron chi connectivity index (χ2n) is 6.33. The fraction of sp³-hybridized carbons (Fsp3) is 0.143. The smallest absolute Gasteiger partial charge is 0.319 e.